The van der Waals surface area contributed by atoms with Crippen LogP contribution in [0, 0.1) is 18.3 Å². The van der Waals surface area contributed by atoms with Crippen molar-refractivity contribution < 1.29 is 4.79 Å². The second-order valence-corrected chi connectivity index (χ2v) is 7.02. The number of carbonyl (C=O) groups excluding carboxylic acids is 1. The molecule has 0 aliphatic heterocycles. The molecule has 0 saturated heterocycles. The average Bonchev–Trinajstić information content (AvgIpc) is 2.58. The molecule has 0 N–H and O–H groups in total. The Morgan fingerprint density at radius 2 is 2.08 bits per heavy atom. The minimum Gasteiger partial charge on any atom is -0.310 e. The van der Waals surface area contributed by atoms with E-state index in [2.05, 4.69) is 11.1 Å². The van der Waals surface area contributed by atoms with E-state index in [4.69, 9.17) is 16.9 Å². The van der Waals surface area contributed by atoms with Gasteiger partial charge in [-0.05, 0) is 38.1 Å². The summed E-state index contributed by atoms with van der Waals surface area (Å²) in [6.45, 7) is 4.18. The van der Waals surface area contributed by atoms with Gasteiger partial charge in [0.1, 0.15) is 5.03 Å². The van der Waals surface area contributed by atoms with Gasteiger partial charge in [-0.15, -0.1) is 0 Å². The summed E-state index contributed by atoms with van der Waals surface area (Å²) in [6, 6.07) is 13.3. The van der Waals surface area contributed by atoms with Crippen molar-refractivity contribution in [2.75, 3.05) is 11.4 Å². The molecule has 0 spiro atoms. The monoisotopic (exact) mass is 359 g/mol. The molecule has 24 heavy (non-hydrogen) atoms. The highest BCUT2D eigenvalue weighted by molar-refractivity contribution is 8.00. The predicted octanol–water partition coefficient (Wildman–Crippen LogP) is 4.47. The number of pyridine rings is 1. The van der Waals surface area contributed by atoms with Gasteiger partial charge < -0.3 is 4.90 Å². The Balaban J connectivity index is 2.19. The number of hydrogen-bond donors (Lipinski definition) is 0. The summed E-state index contributed by atoms with van der Waals surface area (Å²) < 4.78 is 0. The van der Waals surface area contributed by atoms with Gasteiger partial charge in [-0.2, -0.15) is 5.26 Å². The van der Waals surface area contributed by atoms with Crippen molar-refractivity contribution in [1.29, 1.82) is 5.26 Å². The van der Waals surface area contributed by atoms with Crippen LogP contribution in [0.15, 0.2) is 47.6 Å². The summed E-state index contributed by atoms with van der Waals surface area (Å²) in [4.78, 5) is 18.7. The number of rotatable bonds is 6. The second-order valence-electron chi connectivity index (χ2n) is 5.28. The fraction of sp³-hybridized carbons (Fsp3) is 0.278. The standard InChI is InChI=1S/C18H18ClN3OS/c1-13-6-8-15(9-7-13)22(12-4-10-20)18(23)14(2)24-17-16(19)5-3-11-21-17/h3,5-9,11,14H,4,12H2,1-2H3. The Bertz CT molecular complexity index is 743. The van der Waals surface area contributed by atoms with E-state index in [9.17, 15) is 4.79 Å². The molecule has 0 fully saturated rings. The summed E-state index contributed by atoms with van der Waals surface area (Å²) in [5.41, 5.74) is 1.91. The Hall–Kier alpha value is -2.03. The number of aromatic nitrogens is 1. The van der Waals surface area contributed by atoms with Gasteiger partial charge in [-0.25, -0.2) is 4.98 Å². The van der Waals surface area contributed by atoms with Gasteiger partial charge >= 0.3 is 0 Å². The zero-order valence-corrected chi connectivity index (χ0v) is 15.1. The van der Waals surface area contributed by atoms with E-state index in [1.807, 2.05) is 38.1 Å². The molecule has 6 heteroatoms. The minimum atomic E-state index is -0.364. The molecular formula is C18H18ClN3OS. The molecule has 1 aromatic carbocycles. The molecule has 2 aromatic rings. The highest BCUT2D eigenvalue weighted by atomic mass is 35.5. The van der Waals surface area contributed by atoms with E-state index in [0.717, 1.165) is 11.3 Å². The molecule has 1 aromatic heterocycles. The molecule has 0 aliphatic carbocycles. The first-order valence-electron chi connectivity index (χ1n) is 7.55. The SMILES string of the molecule is Cc1ccc(N(CCC#N)C(=O)C(C)Sc2ncccc2Cl)cc1. The molecular weight excluding hydrogens is 342 g/mol. The van der Waals surface area contributed by atoms with Gasteiger partial charge in [0.25, 0.3) is 0 Å². The summed E-state index contributed by atoms with van der Waals surface area (Å²) in [5, 5.41) is 9.67. The molecule has 1 heterocycles. The molecule has 1 atom stereocenters. The normalized spacial score (nSPS) is 11.6. The van der Waals surface area contributed by atoms with Crippen LogP contribution in [0.25, 0.3) is 0 Å². The summed E-state index contributed by atoms with van der Waals surface area (Å²) in [6.07, 6.45) is 1.93. The fourth-order valence-electron chi connectivity index (χ4n) is 2.15. The lowest BCUT2D eigenvalue weighted by Crippen LogP contribution is -2.37. The predicted molar refractivity (Wildman–Crippen MR) is 98.3 cm³/mol. The van der Waals surface area contributed by atoms with E-state index < -0.39 is 0 Å². The number of amides is 1. The molecule has 0 bridgehead atoms. The van der Waals surface area contributed by atoms with E-state index in [1.54, 1.807) is 23.2 Å². The highest BCUT2D eigenvalue weighted by Crippen LogP contribution is 2.30. The molecule has 124 valence electrons. The number of benzene rings is 1. The lowest BCUT2D eigenvalue weighted by atomic mass is 10.2. The van der Waals surface area contributed by atoms with Crippen LogP contribution >= 0.6 is 23.4 Å². The van der Waals surface area contributed by atoms with Gasteiger partial charge in [0.05, 0.1) is 22.8 Å². The van der Waals surface area contributed by atoms with Crippen LogP contribution in [0.4, 0.5) is 5.69 Å². The first kappa shape index (κ1) is 18.3. The number of aryl methyl sites for hydroxylation is 1. The molecule has 0 saturated carbocycles. The van der Waals surface area contributed by atoms with Crippen LogP contribution in [0.2, 0.25) is 5.02 Å². The zero-order chi connectivity index (χ0) is 17.5. The molecule has 2 rings (SSSR count). The van der Waals surface area contributed by atoms with Gasteiger partial charge in [-0.3, -0.25) is 4.79 Å². The van der Waals surface area contributed by atoms with Crippen LogP contribution in [-0.2, 0) is 4.79 Å². The van der Waals surface area contributed by atoms with Crippen molar-refractivity contribution >= 4 is 35.0 Å². The quantitative estimate of drug-likeness (QED) is 0.714. The number of thioether (sulfide) groups is 1. The molecule has 0 radical (unpaired) electrons. The number of hydrogen-bond acceptors (Lipinski definition) is 4. The Morgan fingerprint density at radius 1 is 1.38 bits per heavy atom. The lowest BCUT2D eigenvalue weighted by Gasteiger charge is -2.25. The zero-order valence-electron chi connectivity index (χ0n) is 13.6. The van der Waals surface area contributed by atoms with Crippen molar-refractivity contribution in [1.82, 2.24) is 4.98 Å². The smallest absolute Gasteiger partial charge is 0.240 e. The maximum Gasteiger partial charge on any atom is 0.240 e. The molecule has 4 nitrogen and oxygen atoms in total. The third kappa shape index (κ3) is 4.73. The first-order valence-corrected chi connectivity index (χ1v) is 8.81. The summed E-state index contributed by atoms with van der Waals surface area (Å²) >= 11 is 7.44. The van der Waals surface area contributed by atoms with E-state index in [0.29, 0.717) is 16.6 Å². The van der Waals surface area contributed by atoms with Crippen molar-refractivity contribution in [3.63, 3.8) is 0 Å². The van der Waals surface area contributed by atoms with Gasteiger partial charge in [0.2, 0.25) is 5.91 Å². The van der Waals surface area contributed by atoms with Crippen LogP contribution in [0.1, 0.15) is 18.9 Å². The summed E-state index contributed by atoms with van der Waals surface area (Å²) in [7, 11) is 0. The Labute approximate surface area is 151 Å². The summed E-state index contributed by atoms with van der Waals surface area (Å²) in [5.74, 6) is -0.0687. The third-order valence-corrected chi connectivity index (χ3v) is 4.94. The van der Waals surface area contributed by atoms with Crippen LogP contribution in [-0.4, -0.2) is 22.7 Å². The van der Waals surface area contributed by atoms with E-state index in [-0.39, 0.29) is 17.6 Å². The average molecular weight is 360 g/mol. The topological polar surface area (TPSA) is 57.0 Å². The molecule has 1 unspecified atom stereocenters. The fourth-order valence-corrected chi connectivity index (χ4v) is 3.27. The van der Waals surface area contributed by atoms with Crippen LogP contribution < -0.4 is 4.90 Å². The van der Waals surface area contributed by atoms with Crippen molar-refractivity contribution in [3.05, 3.63) is 53.2 Å². The Kier molecular flexibility index (Phi) is 6.65. The Morgan fingerprint density at radius 3 is 2.71 bits per heavy atom. The first-order chi connectivity index (χ1) is 11.5. The van der Waals surface area contributed by atoms with Crippen LogP contribution in [0.5, 0.6) is 0 Å². The van der Waals surface area contributed by atoms with Gasteiger partial charge in [0, 0.05) is 18.4 Å². The van der Waals surface area contributed by atoms with Gasteiger partial charge in [0.15, 0.2) is 0 Å². The highest BCUT2D eigenvalue weighted by Gasteiger charge is 2.23. The number of carbonyl (C=O) groups is 1. The number of anilines is 1. The number of nitriles is 1. The lowest BCUT2D eigenvalue weighted by molar-refractivity contribution is -0.117. The molecule has 0 aliphatic rings. The largest absolute Gasteiger partial charge is 0.310 e. The van der Waals surface area contributed by atoms with Crippen molar-refractivity contribution in [2.45, 2.75) is 30.5 Å². The second kappa shape index (κ2) is 8.72. The number of halogens is 1. The van der Waals surface area contributed by atoms with Crippen molar-refractivity contribution in [3.8, 4) is 6.07 Å². The van der Waals surface area contributed by atoms with E-state index >= 15 is 0 Å². The third-order valence-electron chi connectivity index (χ3n) is 3.42. The van der Waals surface area contributed by atoms with Crippen LogP contribution in [0.3, 0.4) is 0 Å². The van der Waals surface area contributed by atoms with Crippen molar-refractivity contribution in [2.24, 2.45) is 0 Å². The maximum absolute atomic E-state index is 12.9. The maximum atomic E-state index is 12.9. The van der Waals surface area contributed by atoms with E-state index in [1.165, 1.54) is 11.8 Å². The number of nitrogens with zero attached hydrogens (tertiary/aromatic N) is 3. The minimum absolute atomic E-state index is 0.0687. The van der Waals surface area contributed by atoms with Gasteiger partial charge in [-0.1, -0.05) is 41.1 Å². The molecule has 1 amide bonds.